The minimum Gasteiger partial charge on any atom is -0.490 e. The van der Waals surface area contributed by atoms with Gasteiger partial charge in [-0.25, -0.2) is 0 Å². The van der Waals surface area contributed by atoms with Crippen LogP contribution in [0.5, 0.6) is 5.75 Å². The molecule has 0 aliphatic carbocycles. The summed E-state index contributed by atoms with van der Waals surface area (Å²) in [6.45, 7) is 7.34. The lowest BCUT2D eigenvalue weighted by Crippen LogP contribution is -2.35. The summed E-state index contributed by atoms with van der Waals surface area (Å²) in [6.07, 6.45) is 6.42. The van der Waals surface area contributed by atoms with Crippen molar-refractivity contribution in [1.29, 1.82) is 0 Å². The fourth-order valence-corrected chi connectivity index (χ4v) is 4.04. The normalized spacial score (nSPS) is 22.7. The summed E-state index contributed by atoms with van der Waals surface area (Å²) in [4.78, 5) is 4.93. The lowest BCUT2D eigenvalue weighted by molar-refractivity contribution is 0.112. The molecule has 1 aromatic rings. The van der Waals surface area contributed by atoms with Gasteiger partial charge in [0.1, 0.15) is 11.9 Å². The average molecular weight is 332 g/mol. The third kappa shape index (κ3) is 3.93. The Labute approximate surface area is 147 Å². The molecule has 2 aliphatic rings. The molecule has 0 spiro atoms. The molecular formula is C20H33N3O. The number of hydrogen-bond donors (Lipinski definition) is 1. The summed E-state index contributed by atoms with van der Waals surface area (Å²) in [5.74, 6) is 1.10. The number of fused-ring (bicyclic) bond motifs is 1. The summed E-state index contributed by atoms with van der Waals surface area (Å²) in [5.41, 5.74) is 8.87. The third-order valence-corrected chi connectivity index (χ3v) is 5.56. The van der Waals surface area contributed by atoms with Gasteiger partial charge >= 0.3 is 0 Å². The van der Waals surface area contributed by atoms with Crippen LogP contribution in [-0.2, 0) is 6.54 Å². The molecule has 1 unspecified atom stereocenters. The molecule has 0 aromatic heterocycles. The predicted octanol–water partition coefficient (Wildman–Crippen LogP) is 3.17. The molecule has 1 atom stereocenters. The van der Waals surface area contributed by atoms with E-state index in [2.05, 4.69) is 42.0 Å². The Hall–Kier alpha value is -1.10. The van der Waals surface area contributed by atoms with Gasteiger partial charge in [-0.05, 0) is 44.5 Å². The SMILES string of the molecule is CCCCCN1Cc2c(OC3CCN(C)CC3)cccc2C1CN. The van der Waals surface area contributed by atoms with E-state index in [1.54, 1.807) is 0 Å². The average Bonchev–Trinajstić information content (AvgIpc) is 2.96. The van der Waals surface area contributed by atoms with E-state index in [0.717, 1.165) is 44.8 Å². The minimum absolute atomic E-state index is 0.359. The fourth-order valence-electron chi connectivity index (χ4n) is 4.04. The minimum atomic E-state index is 0.359. The molecule has 1 saturated heterocycles. The summed E-state index contributed by atoms with van der Waals surface area (Å²) in [7, 11) is 2.19. The monoisotopic (exact) mass is 331 g/mol. The zero-order valence-electron chi connectivity index (χ0n) is 15.3. The first-order valence-corrected chi connectivity index (χ1v) is 9.64. The van der Waals surface area contributed by atoms with E-state index >= 15 is 0 Å². The van der Waals surface area contributed by atoms with Crippen molar-refractivity contribution in [3.8, 4) is 5.75 Å². The molecule has 0 amide bonds. The first kappa shape index (κ1) is 17.7. The van der Waals surface area contributed by atoms with Gasteiger partial charge in [0.15, 0.2) is 0 Å². The van der Waals surface area contributed by atoms with Gasteiger partial charge in [-0.2, -0.15) is 0 Å². The third-order valence-electron chi connectivity index (χ3n) is 5.56. The highest BCUT2D eigenvalue weighted by atomic mass is 16.5. The maximum absolute atomic E-state index is 6.42. The number of nitrogens with two attached hydrogens (primary N) is 1. The molecule has 2 N–H and O–H groups in total. The van der Waals surface area contributed by atoms with Gasteiger partial charge in [0, 0.05) is 37.8 Å². The van der Waals surface area contributed by atoms with Gasteiger partial charge in [0.05, 0.1) is 0 Å². The molecule has 2 heterocycles. The Bertz CT molecular complexity index is 526. The quantitative estimate of drug-likeness (QED) is 0.779. The van der Waals surface area contributed by atoms with Gasteiger partial charge in [-0.15, -0.1) is 0 Å². The molecular weight excluding hydrogens is 298 g/mol. The summed E-state index contributed by atoms with van der Waals surface area (Å²) >= 11 is 0. The molecule has 134 valence electrons. The van der Waals surface area contributed by atoms with Crippen molar-refractivity contribution in [3.63, 3.8) is 0 Å². The summed E-state index contributed by atoms with van der Waals surface area (Å²) in [5, 5.41) is 0. The maximum Gasteiger partial charge on any atom is 0.124 e. The standard InChI is InChI=1S/C20H33N3O/c1-3-4-5-11-23-15-18-17(19(23)14-21)7-6-8-20(18)24-16-9-12-22(2)13-10-16/h6-8,16,19H,3-5,9-15,21H2,1-2H3. The van der Waals surface area contributed by atoms with Crippen molar-refractivity contribution in [2.75, 3.05) is 33.2 Å². The van der Waals surface area contributed by atoms with Crippen LogP contribution in [0.3, 0.4) is 0 Å². The number of unbranched alkanes of at least 4 members (excludes halogenated alkanes) is 2. The molecule has 24 heavy (non-hydrogen) atoms. The van der Waals surface area contributed by atoms with E-state index < -0.39 is 0 Å². The van der Waals surface area contributed by atoms with E-state index in [4.69, 9.17) is 10.5 Å². The lowest BCUT2D eigenvalue weighted by Gasteiger charge is -2.30. The van der Waals surface area contributed by atoms with Crippen molar-refractivity contribution >= 4 is 0 Å². The molecule has 4 nitrogen and oxygen atoms in total. The molecule has 4 heteroatoms. The zero-order chi connectivity index (χ0) is 16.9. The van der Waals surface area contributed by atoms with Gasteiger partial charge in [-0.3, -0.25) is 4.90 Å². The zero-order valence-corrected chi connectivity index (χ0v) is 15.3. The Balaban J connectivity index is 1.70. The van der Waals surface area contributed by atoms with Crippen LogP contribution in [0.2, 0.25) is 0 Å². The van der Waals surface area contributed by atoms with Crippen molar-refractivity contribution < 1.29 is 4.74 Å². The summed E-state index contributed by atoms with van der Waals surface area (Å²) in [6, 6.07) is 6.90. The second kappa shape index (κ2) is 8.32. The van der Waals surface area contributed by atoms with Crippen molar-refractivity contribution in [1.82, 2.24) is 9.80 Å². The molecule has 0 saturated carbocycles. The van der Waals surface area contributed by atoms with Crippen molar-refractivity contribution in [2.45, 2.75) is 57.7 Å². The number of rotatable bonds is 7. The maximum atomic E-state index is 6.42. The van der Waals surface area contributed by atoms with Crippen LogP contribution in [0, 0.1) is 0 Å². The van der Waals surface area contributed by atoms with Crippen LogP contribution in [0.1, 0.15) is 56.2 Å². The van der Waals surface area contributed by atoms with Crippen molar-refractivity contribution in [3.05, 3.63) is 29.3 Å². The van der Waals surface area contributed by atoms with Crippen LogP contribution >= 0.6 is 0 Å². The molecule has 2 aliphatic heterocycles. The van der Waals surface area contributed by atoms with Crippen LogP contribution in [0.25, 0.3) is 0 Å². The van der Waals surface area contributed by atoms with E-state index in [9.17, 15) is 0 Å². The predicted molar refractivity (Wildman–Crippen MR) is 99.3 cm³/mol. The topological polar surface area (TPSA) is 41.7 Å². The van der Waals surface area contributed by atoms with Gasteiger partial charge < -0.3 is 15.4 Å². The van der Waals surface area contributed by atoms with Crippen LogP contribution in [0.4, 0.5) is 0 Å². The van der Waals surface area contributed by atoms with Crippen LogP contribution in [-0.4, -0.2) is 49.1 Å². The Morgan fingerprint density at radius 2 is 2.00 bits per heavy atom. The Morgan fingerprint density at radius 1 is 1.21 bits per heavy atom. The highest BCUT2D eigenvalue weighted by molar-refractivity contribution is 5.45. The largest absolute Gasteiger partial charge is 0.490 e. The second-order valence-electron chi connectivity index (χ2n) is 7.37. The first-order valence-electron chi connectivity index (χ1n) is 9.64. The Kier molecular flexibility index (Phi) is 6.14. The van der Waals surface area contributed by atoms with Crippen LogP contribution < -0.4 is 10.5 Å². The highest BCUT2D eigenvalue weighted by Crippen LogP contribution is 2.39. The first-order chi connectivity index (χ1) is 11.7. The summed E-state index contributed by atoms with van der Waals surface area (Å²) < 4.78 is 6.42. The number of ether oxygens (including phenoxy) is 1. The van der Waals surface area contributed by atoms with Gasteiger partial charge in [-0.1, -0.05) is 31.9 Å². The van der Waals surface area contributed by atoms with Gasteiger partial charge in [0.2, 0.25) is 0 Å². The smallest absolute Gasteiger partial charge is 0.124 e. The van der Waals surface area contributed by atoms with E-state index in [1.165, 1.54) is 30.4 Å². The van der Waals surface area contributed by atoms with Crippen LogP contribution in [0.15, 0.2) is 18.2 Å². The molecule has 3 rings (SSSR count). The number of likely N-dealkylation sites (tertiary alicyclic amines) is 1. The van der Waals surface area contributed by atoms with E-state index in [1.807, 2.05) is 0 Å². The van der Waals surface area contributed by atoms with Crippen molar-refractivity contribution in [2.24, 2.45) is 5.73 Å². The number of benzene rings is 1. The second-order valence-corrected chi connectivity index (χ2v) is 7.37. The van der Waals surface area contributed by atoms with Gasteiger partial charge in [0.25, 0.3) is 0 Å². The fraction of sp³-hybridized carbons (Fsp3) is 0.700. The molecule has 1 fully saturated rings. The number of piperidine rings is 1. The lowest BCUT2D eigenvalue weighted by atomic mass is 10.0. The Morgan fingerprint density at radius 3 is 2.71 bits per heavy atom. The van der Waals surface area contributed by atoms with E-state index in [-0.39, 0.29) is 0 Å². The van der Waals surface area contributed by atoms with E-state index in [0.29, 0.717) is 18.7 Å². The number of nitrogens with zero attached hydrogens (tertiary/aromatic N) is 2. The number of hydrogen-bond acceptors (Lipinski definition) is 4. The molecule has 0 bridgehead atoms. The highest BCUT2D eigenvalue weighted by Gasteiger charge is 2.31. The molecule has 1 aromatic carbocycles. The molecule has 0 radical (unpaired) electrons.